The maximum atomic E-state index is 10.7. The van der Waals surface area contributed by atoms with Gasteiger partial charge in [-0.05, 0) is 42.8 Å². The van der Waals surface area contributed by atoms with Crippen LogP contribution < -0.4 is 4.90 Å². The minimum atomic E-state index is -0.957. The van der Waals surface area contributed by atoms with Crippen molar-refractivity contribution in [3.8, 4) is 0 Å². The molecule has 0 saturated carbocycles. The summed E-state index contributed by atoms with van der Waals surface area (Å²) in [6, 6.07) is 14.0. The molecule has 0 radical (unpaired) electrons. The van der Waals surface area contributed by atoms with Crippen LogP contribution in [0.5, 0.6) is 0 Å². The lowest BCUT2D eigenvalue weighted by Crippen LogP contribution is -2.10. The molecule has 0 aromatic heterocycles. The summed E-state index contributed by atoms with van der Waals surface area (Å²) in [6.07, 6.45) is 2.75. The first-order chi connectivity index (χ1) is 9.97. The number of benzene rings is 2. The minimum absolute atomic E-state index is 0.851. The lowest BCUT2D eigenvalue weighted by Gasteiger charge is -2.22. The van der Waals surface area contributed by atoms with Crippen molar-refractivity contribution >= 4 is 39.4 Å². The third kappa shape index (κ3) is 3.95. The molecule has 0 aliphatic heterocycles. The molecule has 108 valence electrons. The maximum Gasteiger partial charge on any atom is 0.328 e. The SMILES string of the molecule is Cc1ccc(N(C)c2cc(Br)ccc2C=CC(=O)O)cc1. The van der Waals surface area contributed by atoms with E-state index in [1.165, 1.54) is 5.56 Å². The molecular weight excluding hydrogens is 330 g/mol. The van der Waals surface area contributed by atoms with Gasteiger partial charge in [0.2, 0.25) is 0 Å². The summed E-state index contributed by atoms with van der Waals surface area (Å²) in [6.45, 7) is 2.05. The Kier molecular flexibility index (Phi) is 4.81. The van der Waals surface area contributed by atoms with Gasteiger partial charge in [0.1, 0.15) is 0 Å². The summed E-state index contributed by atoms with van der Waals surface area (Å²) >= 11 is 3.46. The van der Waals surface area contributed by atoms with E-state index in [0.717, 1.165) is 27.5 Å². The summed E-state index contributed by atoms with van der Waals surface area (Å²) in [5, 5.41) is 8.80. The van der Waals surface area contributed by atoms with Crippen molar-refractivity contribution < 1.29 is 9.90 Å². The van der Waals surface area contributed by atoms with Crippen LogP contribution in [0.4, 0.5) is 11.4 Å². The van der Waals surface area contributed by atoms with Gasteiger partial charge in [0.25, 0.3) is 0 Å². The fraction of sp³-hybridized carbons (Fsp3) is 0.118. The number of nitrogens with zero attached hydrogens (tertiary/aromatic N) is 1. The fourth-order valence-electron chi connectivity index (χ4n) is 2.02. The average molecular weight is 346 g/mol. The fourth-order valence-corrected chi connectivity index (χ4v) is 2.37. The van der Waals surface area contributed by atoms with Gasteiger partial charge in [0.15, 0.2) is 0 Å². The lowest BCUT2D eigenvalue weighted by atomic mass is 10.1. The molecule has 3 nitrogen and oxygen atoms in total. The van der Waals surface area contributed by atoms with E-state index >= 15 is 0 Å². The summed E-state index contributed by atoms with van der Waals surface area (Å²) in [7, 11) is 1.96. The Morgan fingerprint density at radius 3 is 2.48 bits per heavy atom. The summed E-state index contributed by atoms with van der Waals surface area (Å²) in [4.78, 5) is 12.8. The van der Waals surface area contributed by atoms with Crippen molar-refractivity contribution in [2.24, 2.45) is 0 Å². The van der Waals surface area contributed by atoms with E-state index in [2.05, 4.69) is 28.1 Å². The molecule has 0 aliphatic carbocycles. The molecule has 2 aromatic carbocycles. The van der Waals surface area contributed by atoms with Gasteiger partial charge in [-0.15, -0.1) is 0 Å². The Morgan fingerprint density at radius 1 is 1.19 bits per heavy atom. The molecule has 21 heavy (non-hydrogen) atoms. The second-order valence-corrected chi connectivity index (χ2v) is 5.68. The zero-order valence-electron chi connectivity index (χ0n) is 11.9. The normalized spacial score (nSPS) is 10.8. The first-order valence-electron chi connectivity index (χ1n) is 6.48. The number of aliphatic carboxylic acids is 1. The third-order valence-corrected chi connectivity index (χ3v) is 3.67. The zero-order chi connectivity index (χ0) is 15.4. The Balaban J connectivity index is 2.43. The first kappa shape index (κ1) is 15.3. The smallest absolute Gasteiger partial charge is 0.328 e. The summed E-state index contributed by atoms with van der Waals surface area (Å²) in [5.41, 5.74) is 4.03. The van der Waals surface area contributed by atoms with Crippen molar-refractivity contribution in [3.05, 3.63) is 64.1 Å². The molecule has 0 fully saturated rings. The second kappa shape index (κ2) is 6.59. The van der Waals surface area contributed by atoms with Gasteiger partial charge in [0, 0.05) is 29.0 Å². The van der Waals surface area contributed by atoms with Crippen LogP contribution in [-0.2, 0) is 4.79 Å². The summed E-state index contributed by atoms with van der Waals surface area (Å²) in [5.74, 6) is -0.957. The molecule has 0 aliphatic rings. The van der Waals surface area contributed by atoms with Gasteiger partial charge in [-0.2, -0.15) is 0 Å². The van der Waals surface area contributed by atoms with Crippen LogP contribution in [-0.4, -0.2) is 18.1 Å². The van der Waals surface area contributed by atoms with Gasteiger partial charge in [-0.1, -0.05) is 39.7 Å². The highest BCUT2D eigenvalue weighted by Crippen LogP contribution is 2.30. The molecule has 0 atom stereocenters. The largest absolute Gasteiger partial charge is 0.478 e. The van der Waals surface area contributed by atoms with Crippen LogP contribution in [0.2, 0.25) is 0 Å². The van der Waals surface area contributed by atoms with E-state index in [1.54, 1.807) is 6.08 Å². The number of carboxylic acids is 1. The summed E-state index contributed by atoms with van der Waals surface area (Å²) < 4.78 is 0.948. The number of carbonyl (C=O) groups is 1. The number of carboxylic acid groups (broad SMARTS) is 1. The molecule has 0 bridgehead atoms. The lowest BCUT2D eigenvalue weighted by molar-refractivity contribution is -0.131. The minimum Gasteiger partial charge on any atom is -0.478 e. The molecule has 0 unspecified atom stereocenters. The molecule has 0 amide bonds. The van der Waals surface area contributed by atoms with Crippen LogP contribution >= 0.6 is 15.9 Å². The number of halogens is 1. The van der Waals surface area contributed by atoms with Crippen molar-refractivity contribution in [1.29, 1.82) is 0 Å². The van der Waals surface area contributed by atoms with Crippen LogP contribution in [0.25, 0.3) is 6.08 Å². The molecule has 0 spiro atoms. The van der Waals surface area contributed by atoms with E-state index in [1.807, 2.05) is 49.2 Å². The number of hydrogen-bond donors (Lipinski definition) is 1. The highest BCUT2D eigenvalue weighted by molar-refractivity contribution is 9.10. The van der Waals surface area contributed by atoms with Crippen LogP contribution in [0, 0.1) is 6.92 Å². The number of aryl methyl sites for hydroxylation is 1. The third-order valence-electron chi connectivity index (χ3n) is 3.18. The van der Waals surface area contributed by atoms with E-state index in [-0.39, 0.29) is 0 Å². The van der Waals surface area contributed by atoms with Gasteiger partial charge in [-0.3, -0.25) is 0 Å². The molecule has 2 aromatic rings. The Bertz CT molecular complexity index is 678. The molecule has 0 heterocycles. The van der Waals surface area contributed by atoms with Gasteiger partial charge >= 0.3 is 5.97 Å². The van der Waals surface area contributed by atoms with Crippen molar-refractivity contribution in [2.75, 3.05) is 11.9 Å². The second-order valence-electron chi connectivity index (χ2n) is 4.77. The van der Waals surface area contributed by atoms with Gasteiger partial charge in [0.05, 0.1) is 0 Å². The highest BCUT2D eigenvalue weighted by atomic mass is 79.9. The Labute approximate surface area is 132 Å². The predicted molar refractivity (Wildman–Crippen MR) is 90.1 cm³/mol. The van der Waals surface area contributed by atoms with Crippen molar-refractivity contribution in [2.45, 2.75) is 6.92 Å². The van der Waals surface area contributed by atoms with E-state index < -0.39 is 5.97 Å². The monoisotopic (exact) mass is 345 g/mol. The standard InChI is InChI=1S/C17H16BrNO2/c1-12-3-8-15(9-4-12)19(2)16-11-14(18)7-5-13(16)6-10-17(20)21/h3-11H,1-2H3,(H,20,21). The van der Waals surface area contributed by atoms with Crippen molar-refractivity contribution in [3.63, 3.8) is 0 Å². The zero-order valence-corrected chi connectivity index (χ0v) is 13.5. The molecule has 2 rings (SSSR count). The molecule has 4 heteroatoms. The van der Waals surface area contributed by atoms with Gasteiger partial charge in [-0.25, -0.2) is 4.79 Å². The molecular formula is C17H16BrNO2. The Morgan fingerprint density at radius 2 is 1.86 bits per heavy atom. The number of anilines is 2. The topological polar surface area (TPSA) is 40.5 Å². The van der Waals surface area contributed by atoms with E-state index in [9.17, 15) is 4.79 Å². The van der Waals surface area contributed by atoms with Gasteiger partial charge < -0.3 is 10.0 Å². The van der Waals surface area contributed by atoms with Crippen LogP contribution in [0.1, 0.15) is 11.1 Å². The quantitative estimate of drug-likeness (QED) is 0.821. The number of rotatable bonds is 4. The molecule has 0 saturated heterocycles. The van der Waals surface area contributed by atoms with Crippen LogP contribution in [0.3, 0.4) is 0 Å². The number of hydrogen-bond acceptors (Lipinski definition) is 2. The van der Waals surface area contributed by atoms with E-state index in [0.29, 0.717) is 0 Å². The highest BCUT2D eigenvalue weighted by Gasteiger charge is 2.09. The van der Waals surface area contributed by atoms with E-state index in [4.69, 9.17) is 5.11 Å². The predicted octanol–water partition coefficient (Wildman–Crippen LogP) is 4.62. The van der Waals surface area contributed by atoms with Crippen molar-refractivity contribution in [1.82, 2.24) is 0 Å². The molecule has 1 N–H and O–H groups in total. The maximum absolute atomic E-state index is 10.7. The average Bonchev–Trinajstić information content (AvgIpc) is 2.46. The Hall–Kier alpha value is -2.07. The van der Waals surface area contributed by atoms with Crippen LogP contribution in [0.15, 0.2) is 53.0 Å². The first-order valence-corrected chi connectivity index (χ1v) is 7.27.